The lowest BCUT2D eigenvalue weighted by molar-refractivity contribution is -0.125. The quantitative estimate of drug-likeness (QED) is 0.437. The van der Waals surface area contributed by atoms with Crippen LogP contribution in [-0.2, 0) is 23.2 Å². The summed E-state index contributed by atoms with van der Waals surface area (Å²) in [5.41, 5.74) is 3.05. The molecule has 1 atom stereocenters. The van der Waals surface area contributed by atoms with Crippen LogP contribution in [0.4, 0.5) is 10.1 Å². The topological polar surface area (TPSA) is 63.6 Å². The van der Waals surface area contributed by atoms with Crippen LogP contribution in [0.25, 0.3) is 10.9 Å². The van der Waals surface area contributed by atoms with Crippen LogP contribution in [0.3, 0.4) is 0 Å². The summed E-state index contributed by atoms with van der Waals surface area (Å²) in [6.07, 6.45) is 0. The first-order valence-electron chi connectivity index (χ1n) is 11.2. The van der Waals surface area contributed by atoms with E-state index < -0.39 is 6.04 Å². The molecule has 1 aromatic heterocycles. The Kier molecular flexibility index (Phi) is 6.21. The maximum atomic E-state index is 13.9. The monoisotopic (exact) mass is 489 g/mol. The van der Waals surface area contributed by atoms with Gasteiger partial charge < -0.3 is 14.6 Å². The van der Waals surface area contributed by atoms with Gasteiger partial charge in [0, 0.05) is 30.1 Å². The number of halogens is 1. The van der Waals surface area contributed by atoms with Crippen LogP contribution in [0.1, 0.15) is 17.2 Å². The highest BCUT2D eigenvalue weighted by atomic mass is 32.2. The largest absolute Gasteiger partial charge is 0.495 e. The number of nitrogens with zero attached hydrogens (tertiary/aromatic N) is 2. The molecule has 178 valence electrons. The van der Waals surface area contributed by atoms with E-state index in [2.05, 4.69) is 5.32 Å². The van der Waals surface area contributed by atoms with Crippen molar-refractivity contribution in [3.63, 3.8) is 0 Å². The molecule has 1 aliphatic rings. The normalized spacial score (nSPS) is 15.6. The molecule has 2 heterocycles. The summed E-state index contributed by atoms with van der Waals surface area (Å²) in [5, 5.41) is 4.76. The molecule has 4 aromatic rings. The van der Waals surface area contributed by atoms with Crippen molar-refractivity contribution < 1.29 is 18.7 Å². The van der Waals surface area contributed by atoms with Gasteiger partial charge in [0.15, 0.2) is 0 Å². The van der Waals surface area contributed by atoms with Crippen molar-refractivity contribution in [2.75, 3.05) is 17.8 Å². The van der Waals surface area contributed by atoms with Gasteiger partial charge in [-0.25, -0.2) is 4.39 Å². The molecule has 0 fully saturated rings. The second-order valence-corrected chi connectivity index (χ2v) is 9.23. The van der Waals surface area contributed by atoms with E-state index in [-0.39, 0.29) is 29.9 Å². The fourth-order valence-electron chi connectivity index (χ4n) is 4.55. The number of rotatable bonds is 5. The Balaban J connectivity index is 1.65. The summed E-state index contributed by atoms with van der Waals surface area (Å²) in [7, 11) is 3.49. The first-order valence-corrected chi connectivity index (χ1v) is 12.2. The lowest BCUT2D eigenvalue weighted by Crippen LogP contribution is -2.44. The number of carbonyl (C=O) groups excluding carboxylic acids is 2. The van der Waals surface area contributed by atoms with Crippen LogP contribution < -0.4 is 15.0 Å². The average Bonchev–Trinajstić information content (AvgIpc) is 3.06. The molecule has 0 unspecified atom stereocenters. The van der Waals surface area contributed by atoms with Crippen molar-refractivity contribution in [1.29, 1.82) is 0 Å². The minimum absolute atomic E-state index is 0.178. The number of anilines is 1. The van der Waals surface area contributed by atoms with Crippen molar-refractivity contribution in [2.45, 2.75) is 17.6 Å². The van der Waals surface area contributed by atoms with Gasteiger partial charge in [-0.05, 0) is 35.9 Å². The Morgan fingerprint density at radius 3 is 2.57 bits per heavy atom. The van der Waals surface area contributed by atoms with Crippen molar-refractivity contribution >= 4 is 40.2 Å². The van der Waals surface area contributed by atoms with Crippen LogP contribution in [0.2, 0.25) is 0 Å². The van der Waals surface area contributed by atoms with E-state index in [1.807, 2.05) is 48.0 Å². The maximum Gasteiger partial charge on any atom is 0.248 e. The summed E-state index contributed by atoms with van der Waals surface area (Å²) in [6.45, 7) is 0.205. The lowest BCUT2D eigenvalue weighted by atomic mass is 10.0. The second-order valence-electron chi connectivity index (χ2n) is 8.27. The number of carbonyl (C=O) groups is 2. The SMILES string of the molecule is COc1ccccc1N1C(=O)CSc2c(c3ccccc3n2C)[C@@H]1C(=O)NCc1ccc(F)cc1. The molecule has 0 spiro atoms. The molecule has 6 nitrogen and oxygen atoms in total. The van der Waals surface area contributed by atoms with Gasteiger partial charge in [-0.3, -0.25) is 14.5 Å². The number of aromatic nitrogens is 1. The molecule has 2 amide bonds. The number of thioether (sulfide) groups is 1. The summed E-state index contributed by atoms with van der Waals surface area (Å²) in [6, 6.07) is 20.1. The van der Waals surface area contributed by atoms with Crippen molar-refractivity contribution in [2.24, 2.45) is 7.05 Å². The molecule has 3 aromatic carbocycles. The lowest BCUT2D eigenvalue weighted by Gasteiger charge is -2.30. The zero-order valence-electron chi connectivity index (χ0n) is 19.3. The highest BCUT2D eigenvalue weighted by molar-refractivity contribution is 8.00. The summed E-state index contributed by atoms with van der Waals surface area (Å²) >= 11 is 1.43. The molecule has 0 bridgehead atoms. The predicted molar refractivity (Wildman–Crippen MR) is 135 cm³/mol. The van der Waals surface area contributed by atoms with E-state index in [1.165, 1.54) is 23.9 Å². The predicted octanol–water partition coefficient (Wildman–Crippen LogP) is 4.82. The van der Waals surface area contributed by atoms with Crippen LogP contribution in [0.15, 0.2) is 77.8 Å². The molecule has 0 aliphatic carbocycles. The molecule has 0 radical (unpaired) electrons. The Morgan fingerprint density at radius 1 is 1.09 bits per heavy atom. The number of nitrogens with one attached hydrogen (secondary N) is 1. The van der Waals surface area contributed by atoms with E-state index in [0.717, 1.165) is 27.1 Å². The summed E-state index contributed by atoms with van der Waals surface area (Å²) in [4.78, 5) is 29.0. The third-order valence-electron chi connectivity index (χ3n) is 6.20. The van der Waals surface area contributed by atoms with Gasteiger partial charge in [0.1, 0.15) is 17.6 Å². The number of hydrogen-bond acceptors (Lipinski definition) is 4. The molecule has 35 heavy (non-hydrogen) atoms. The van der Waals surface area contributed by atoms with Gasteiger partial charge in [0.25, 0.3) is 0 Å². The highest BCUT2D eigenvalue weighted by Crippen LogP contribution is 2.45. The van der Waals surface area contributed by atoms with E-state index in [4.69, 9.17) is 4.74 Å². The number of para-hydroxylation sites is 3. The Morgan fingerprint density at radius 2 is 1.80 bits per heavy atom. The molecule has 0 saturated heterocycles. The van der Waals surface area contributed by atoms with Gasteiger partial charge in [0.05, 0.1) is 23.6 Å². The summed E-state index contributed by atoms with van der Waals surface area (Å²) in [5.74, 6) is -0.174. The van der Waals surface area contributed by atoms with Crippen LogP contribution in [0.5, 0.6) is 5.75 Å². The van der Waals surface area contributed by atoms with Crippen LogP contribution in [0, 0.1) is 5.82 Å². The summed E-state index contributed by atoms with van der Waals surface area (Å²) < 4.78 is 20.9. The molecular formula is C27H24FN3O3S. The fraction of sp³-hybridized carbons (Fsp3) is 0.185. The van der Waals surface area contributed by atoms with Gasteiger partial charge in [0.2, 0.25) is 11.8 Å². The number of hydrogen-bond donors (Lipinski definition) is 1. The molecule has 5 rings (SSSR count). The first kappa shape index (κ1) is 23.0. The number of amides is 2. The molecule has 1 aliphatic heterocycles. The number of aryl methyl sites for hydroxylation is 1. The van der Waals surface area contributed by atoms with E-state index in [9.17, 15) is 14.0 Å². The first-order chi connectivity index (χ1) is 17.0. The van der Waals surface area contributed by atoms with Crippen molar-refractivity contribution in [3.05, 3.63) is 89.7 Å². The number of fused-ring (bicyclic) bond motifs is 3. The van der Waals surface area contributed by atoms with Gasteiger partial charge in [-0.2, -0.15) is 0 Å². The van der Waals surface area contributed by atoms with Crippen molar-refractivity contribution in [3.8, 4) is 5.75 Å². The molecule has 8 heteroatoms. The Labute approximate surface area is 206 Å². The number of ether oxygens (including phenoxy) is 1. The van der Waals surface area contributed by atoms with Gasteiger partial charge in [-0.1, -0.05) is 54.2 Å². The molecule has 0 saturated carbocycles. The van der Waals surface area contributed by atoms with Crippen LogP contribution in [-0.4, -0.2) is 29.2 Å². The maximum absolute atomic E-state index is 13.9. The van der Waals surface area contributed by atoms with Gasteiger partial charge in [-0.15, -0.1) is 0 Å². The Bertz CT molecular complexity index is 1420. The van der Waals surface area contributed by atoms with Crippen LogP contribution >= 0.6 is 11.8 Å². The number of benzene rings is 3. The zero-order valence-corrected chi connectivity index (χ0v) is 20.1. The smallest absolute Gasteiger partial charge is 0.248 e. The minimum Gasteiger partial charge on any atom is -0.495 e. The van der Waals surface area contributed by atoms with E-state index >= 15 is 0 Å². The minimum atomic E-state index is -0.921. The third kappa shape index (κ3) is 4.14. The molecule has 1 N–H and O–H groups in total. The van der Waals surface area contributed by atoms with E-state index in [1.54, 1.807) is 36.3 Å². The highest BCUT2D eigenvalue weighted by Gasteiger charge is 2.40. The number of methoxy groups -OCH3 is 1. The van der Waals surface area contributed by atoms with Gasteiger partial charge >= 0.3 is 0 Å². The molecular weight excluding hydrogens is 465 g/mol. The average molecular weight is 490 g/mol. The third-order valence-corrected chi connectivity index (χ3v) is 7.35. The zero-order chi connectivity index (χ0) is 24.5. The standard InChI is InChI=1S/C27H24FN3O3S/c1-30-20-8-4-3-7-19(20)24-25(26(33)29-15-17-11-13-18(28)14-12-17)31(23(32)16-35-27(24)30)21-9-5-6-10-22(21)34-2/h3-14,25H,15-16H2,1-2H3,(H,29,33)/t25-/m1/s1. The Hall–Kier alpha value is -3.78. The second kappa shape index (κ2) is 9.46. The van der Waals surface area contributed by atoms with Crippen molar-refractivity contribution in [1.82, 2.24) is 9.88 Å². The van der Waals surface area contributed by atoms with E-state index in [0.29, 0.717) is 11.4 Å². The fourth-order valence-corrected chi connectivity index (χ4v) is 5.62.